The van der Waals surface area contributed by atoms with Gasteiger partial charge in [0, 0.05) is 37.9 Å². The Kier molecular flexibility index (Phi) is 3.24. The van der Waals surface area contributed by atoms with Crippen LogP contribution in [0.3, 0.4) is 0 Å². The largest absolute Gasteiger partial charge is 0.369 e. The van der Waals surface area contributed by atoms with Crippen molar-refractivity contribution in [1.82, 2.24) is 10.3 Å². The first-order valence-electron chi connectivity index (χ1n) is 5.57. The third kappa shape index (κ3) is 2.72. The van der Waals surface area contributed by atoms with Gasteiger partial charge in [0.15, 0.2) is 0 Å². The molecule has 1 atom stereocenters. The summed E-state index contributed by atoms with van der Waals surface area (Å²) in [4.78, 5) is 17.1. The molecule has 1 aromatic heterocycles. The lowest BCUT2D eigenvalue weighted by molar-refractivity contribution is -0.119. The van der Waals surface area contributed by atoms with Gasteiger partial charge in [0.05, 0.1) is 0 Å². The van der Waals surface area contributed by atoms with E-state index in [1.54, 1.807) is 12.3 Å². The zero-order valence-electron chi connectivity index (χ0n) is 9.68. The van der Waals surface area contributed by atoms with Gasteiger partial charge in [0.2, 0.25) is 5.91 Å². The molecule has 88 valence electrons. The maximum Gasteiger partial charge on any atom is 0.217 e. The van der Waals surface area contributed by atoms with Crippen LogP contribution in [0, 0.1) is 11.3 Å². The molecule has 1 aliphatic rings. The minimum Gasteiger partial charge on any atom is -0.369 e. The van der Waals surface area contributed by atoms with Crippen molar-refractivity contribution in [2.24, 2.45) is 0 Å². The second-order valence-corrected chi connectivity index (χ2v) is 4.14. The highest BCUT2D eigenvalue weighted by molar-refractivity contribution is 5.73. The van der Waals surface area contributed by atoms with Gasteiger partial charge in [-0.3, -0.25) is 4.79 Å². The molecule has 0 radical (unpaired) electrons. The zero-order valence-corrected chi connectivity index (χ0v) is 9.68. The molecule has 5 nitrogen and oxygen atoms in total. The van der Waals surface area contributed by atoms with Crippen LogP contribution < -0.4 is 10.2 Å². The van der Waals surface area contributed by atoms with Crippen LogP contribution in [0.4, 0.5) is 5.69 Å². The van der Waals surface area contributed by atoms with Gasteiger partial charge >= 0.3 is 0 Å². The quantitative estimate of drug-likeness (QED) is 0.810. The van der Waals surface area contributed by atoms with Gasteiger partial charge in [-0.1, -0.05) is 0 Å². The fraction of sp³-hybridized carbons (Fsp3) is 0.417. The van der Waals surface area contributed by atoms with E-state index in [1.165, 1.54) is 6.92 Å². The van der Waals surface area contributed by atoms with Crippen molar-refractivity contribution < 1.29 is 4.79 Å². The number of amides is 1. The Labute approximate surface area is 100 Å². The first-order chi connectivity index (χ1) is 8.19. The number of nitrogens with zero attached hydrogens (tertiary/aromatic N) is 3. The summed E-state index contributed by atoms with van der Waals surface area (Å²) in [6.07, 6.45) is 2.57. The van der Waals surface area contributed by atoms with E-state index in [0.717, 1.165) is 25.2 Å². The van der Waals surface area contributed by atoms with Crippen molar-refractivity contribution in [3.05, 3.63) is 24.0 Å². The Morgan fingerprint density at radius 3 is 3.24 bits per heavy atom. The van der Waals surface area contributed by atoms with Crippen LogP contribution >= 0.6 is 0 Å². The summed E-state index contributed by atoms with van der Waals surface area (Å²) in [6.45, 7) is 3.21. The van der Waals surface area contributed by atoms with E-state index in [-0.39, 0.29) is 11.9 Å². The average molecular weight is 230 g/mol. The SMILES string of the molecule is CC(=O)NC1CCN(c2ccnc(C#N)c2)C1. The second kappa shape index (κ2) is 4.83. The summed E-state index contributed by atoms with van der Waals surface area (Å²) < 4.78 is 0. The smallest absolute Gasteiger partial charge is 0.217 e. The molecular weight excluding hydrogens is 216 g/mol. The third-order valence-electron chi connectivity index (χ3n) is 2.82. The second-order valence-electron chi connectivity index (χ2n) is 4.14. The Morgan fingerprint density at radius 1 is 1.71 bits per heavy atom. The number of carbonyl (C=O) groups excluding carboxylic acids is 1. The number of pyridine rings is 1. The van der Waals surface area contributed by atoms with Gasteiger partial charge in [-0.25, -0.2) is 4.98 Å². The number of nitrogens with one attached hydrogen (secondary N) is 1. The molecule has 1 aliphatic heterocycles. The van der Waals surface area contributed by atoms with Crippen LogP contribution in [0.2, 0.25) is 0 Å². The van der Waals surface area contributed by atoms with Crippen LogP contribution in [0.25, 0.3) is 0 Å². The number of hydrogen-bond donors (Lipinski definition) is 1. The van der Waals surface area contributed by atoms with Crippen LogP contribution in [0.15, 0.2) is 18.3 Å². The minimum absolute atomic E-state index is 0.00397. The van der Waals surface area contributed by atoms with Crippen molar-refractivity contribution in [2.75, 3.05) is 18.0 Å². The summed E-state index contributed by atoms with van der Waals surface area (Å²) in [6, 6.07) is 5.89. The molecule has 1 N–H and O–H groups in total. The van der Waals surface area contributed by atoms with E-state index in [2.05, 4.69) is 15.2 Å². The lowest BCUT2D eigenvalue weighted by Gasteiger charge is -2.18. The molecule has 2 heterocycles. The molecule has 0 aromatic carbocycles. The van der Waals surface area contributed by atoms with Crippen molar-refractivity contribution in [2.45, 2.75) is 19.4 Å². The van der Waals surface area contributed by atoms with Gasteiger partial charge in [0.1, 0.15) is 11.8 Å². The standard InChI is InChI=1S/C12H14N4O/c1-9(17)15-10-3-5-16(8-10)12-2-4-14-11(6-12)7-13/h2,4,6,10H,3,5,8H2,1H3,(H,15,17). The number of anilines is 1. The predicted molar refractivity (Wildman–Crippen MR) is 63.4 cm³/mol. The van der Waals surface area contributed by atoms with Gasteiger partial charge in [0.25, 0.3) is 0 Å². The fourth-order valence-corrected chi connectivity index (χ4v) is 2.08. The highest BCUT2D eigenvalue weighted by Crippen LogP contribution is 2.20. The summed E-state index contributed by atoms with van der Waals surface area (Å²) in [7, 11) is 0. The number of aromatic nitrogens is 1. The molecule has 17 heavy (non-hydrogen) atoms. The van der Waals surface area contributed by atoms with Gasteiger partial charge < -0.3 is 10.2 Å². The molecule has 0 bridgehead atoms. The molecule has 0 spiro atoms. The molecule has 2 rings (SSSR count). The molecule has 1 unspecified atom stereocenters. The van der Waals surface area contributed by atoms with Crippen LogP contribution in [0.5, 0.6) is 0 Å². The van der Waals surface area contributed by atoms with Crippen molar-refractivity contribution in [3.63, 3.8) is 0 Å². The minimum atomic E-state index is 0.00397. The Morgan fingerprint density at radius 2 is 2.53 bits per heavy atom. The van der Waals surface area contributed by atoms with E-state index in [9.17, 15) is 4.79 Å². The molecule has 5 heteroatoms. The number of hydrogen-bond acceptors (Lipinski definition) is 4. The van der Waals surface area contributed by atoms with Gasteiger partial charge in [-0.15, -0.1) is 0 Å². The molecule has 0 aliphatic carbocycles. The molecule has 1 aromatic rings. The van der Waals surface area contributed by atoms with Gasteiger partial charge in [-0.05, 0) is 18.6 Å². The van der Waals surface area contributed by atoms with Gasteiger partial charge in [-0.2, -0.15) is 5.26 Å². The highest BCUT2D eigenvalue weighted by Gasteiger charge is 2.23. The Bertz CT molecular complexity index is 466. The van der Waals surface area contributed by atoms with Crippen LogP contribution in [0.1, 0.15) is 19.0 Å². The summed E-state index contributed by atoms with van der Waals surface area (Å²) in [5, 5.41) is 11.7. The maximum atomic E-state index is 11.0. The molecular formula is C12H14N4O. The maximum absolute atomic E-state index is 11.0. The Balaban J connectivity index is 2.05. The van der Waals surface area contributed by atoms with Crippen molar-refractivity contribution in [3.8, 4) is 6.07 Å². The Hall–Kier alpha value is -2.09. The summed E-state index contributed by atoms with van der Waals surface area (Å²) >= 11 is 0. The molecule has 1 saturated heterocycles. The third-order valence-corrected chi connectivity index (χ3v) is 2.82. The normalized spacial score (nSPS) is 18.8. The predicted octanol–water partition coefficient (Wildman–Crippen LogP) is 0.668. The van der Waals surface area contributed by atoms with E-state index < -0.39 is 0 Å². The zero-order chi connectivity index (χ0) is 12.3. The lowest BCUT2D eigenvalue weighted by atomic mass is 10.2. The van der Waals surface area contributed by atoms with Crippen LogP contribution in [-0.2, 0) is 4.79 Å². The summed E-state index contributed by atoms with van der Waals surface area (Å²) in [5.41, 5.74) is 1.41. The monoisotopic (exact) mass is 230 g/mol. The van der Waals surface area contributed by atoms with E-state index in [1.807, 2.05) is 12.1 Å². The number of carbonyl (C=O) groups is 1. The molecule has 1 fully saturated rings. The topological polar surface area (TPSA) is 69.0 Å². The molecule has 1 amide bonds. The number of nitriles is 1. The van der Waals surface area contributed by atoms with E-state index >= 15 is 0 Å². The summed E-state index contributed by atoms with van der Waals surface area (Å²) in [5.74, 6) is 0.00397. The molecule has 0 saturated carbocycles. The van der Waals surface area contributed by atoms with E-state index in [0.29, 0.717) is 5.69 Å². The van der Waals surface area contributed by atoms with Crippen LogP contribution in [-0.4, -0.2) is 30.0 Å². The fourth-order valence-electron chi connectivity index (χ4n) is 2.08. The van der Waals surface area contributed by atoms with Crippen molar-refractivity contribution in [1.29, 1.82) is 5.26 Å². The number of rotatable bonds is 2. The first-order valence-corrected chi connectivity index (χ1v) is 5.57. The average Bonchev–Trinajstić information content (AvgIpc) is 2.77. The van der Waals surface area contributed by atoms with Crippen molar-refractivity contribution >= 4 is 11.6 Å². The highest BCUT2D eigenvalue weighted by atomic mass is 16.1. The lowest BCUT2D eigenvalue weighted by Crippen LogP contribution is -2.35. The first kappa shape index (κ1) is 11.4. The van der Waals surface area contributed by atoms with E-state index in [4.69, 9.17) is 5.26 Å².